The number of anilines is 1. The number of furan rings is 1. The van der Waals surface area contributed by atoms with Crippen LogP contribution in [0, 0.1) is 0 Å². The first-order valence-corrected chi connectivity index (χ1v) is 12.2. The van der Waals surface area contributed by atoms with Crippen LogP contribution >= 0.6 is 27.5 Å². The Labute approximate surface area is 215 Å². The van der Waals surface area contributed by atoms with Gasteiger partial charge in [0.05, 0.1) is 4.47 Å². The SMILES string of the molecule is CCc1cc(Br)c2oc(-c3ccc(NC(=O)/C=C/c4ccc(-c5ccc(Cl)cc5)o4)cc3)nc2c1. The van der Waals surface area contributed by atoms with Gasteiger partial charge in [-0.3, -0.25) is 4.79 Å². The monoisotopic (exact) mass is 546 g/mol. The van der Waals surface area contributed by atoms with Gasteiger partial charge in [-0.1, -0.05) is 18.5 Å². The molecule has 0 radical (unpaired) electrons. The van der Waals surface area contributed by atoms with E-state index in [-0.39, 0.29) is 5.91 Å². The fourth-order valence-electron chi connectivity index (χ4n) is 3.62. The van der Waals surface area contributed by atoms with Crippen molar-refractivity contribution in [3.05, 3.63) is 99.7 Å². The summed E-state index contributed by atoms with van der Waals surface area (Å²) in [4.78, 5) is 17.0. The average Bonchev–Trinajstić information content (AvgIpc) is 3.51. The molecule has 0 saturated carbocycles. The first-order chi connectivity index (χ1) is 17.0. The van der Waals surface area contributed by atoms with Crippen LogP contribution < -0.4 is 5.32 Å². The van der Waals surface area contributed by atoms with E-state index < -0.39 is 0 Å². The third-order valence-electron chi connectivity index (χ3n) is 5.47. The van der Waals surface area contributed by atoms with Crippen LogP contribution in [0.4, 0.5) is 5.69 Å². The van der Waals surface area contributed by atoms with E-state index in [0.717, 1.165) is 33.1 Å². The van der Waals surface area contributed by atoms with Gasteiger partial charge in [0.15, 0.2) is 5.58 Å². The lowest BCUT2D eigenvalue weighted by molar-refractivity contribution is -0.111. The number of rotatable bonds is 6. The summed E-state index contributed by atoms with van der Waals surface area (Å²) in [5, 5.41) is 3.51. The largest absolute Gasteiger partial charge is 0.457 e. The van der Waals surface area contributed by atoms with E-state index in [1.165, 1.54) is 11.6 Å². The van der Waals surface area contributed by atoms with Gasteiger partial charge in [-0.05, 0) is 107 Å². The van der Waals surface area contributed by atoms with Crippen molar-refractivity contribution in [1.29, 1.82) is 0 Å². The van der Waals surface area contributed by atoms with Crippen molar-refractivity contribution in [2.45, 2.75) is 13.3 Å². The molecular weight excluding hydrogens is 528 g/mol. The van der Waals surface area contributed by atoms with Crippen LogP contribution in [-0.4, -0.2) is 10.9 Å². The van der Waals surface area contributed by atoms with Crippen molar-refractivity contribution in [2.24, 2.45) is 0 Å². The number of nitrogens with zero attached hydrogens (tertiary/aromatic N) is 1. The molecule has 0 unspecified atom stereocenters. The van der Waals surface area contributed by atoms with Crippen molar-refractivity contribution in [3.8, 4) is 22.8 Å². The zero-order valence-electron chi connectivity index (χ0n) is 18.7. The van der Waals surface area contributed by atoms with Crippen LogP contribution in [0.25, 0.3) is 40.0 Å². The summed E-state index contributed by atoms with van der Waals surface area (Å²) in [5.41, 5.74) is 5.12. The van der Waals surface area contributed by atoms with Crippen molar-refractivity contribution in [3.63, 3.8) is 0 Å². The molecule has 0 aliphatic heterocycles. The highest BCUT2D eigenvalue weighted by Crippen LogP contribution is 2.31. The van der Waals surface area contributed by atoms with Gasteiger partial charge in [0, 0.05) is 27.9 Å². The molecule has 2 heterocycles. The lowest BCUT2D eigenvalue weighted by Gasteiger charge is -2.02. The maximum atomic E-state index is 12.4. The summed E-state index contributed by atoms with van der Waals surface area (Å²) >= 11 is 9.49. The van der Waals surface area contributed by atoms with Gasteiger partial charge in [-0.2, -0.15) is 0 Å². The smallest absolute Gasteiger partial charge is 0.248 e. The number of hydrogen-bond acceptors (Lipinski definition) is 4. The number of aromatic nitrogens is 1. The summed E-state index contributed by atoms with van der Waals surface area (Å²) in [6.45, 7) is 2.10. The van der Waals surface area contributed by atoms with Gasteiger partial charge in [-0.15, -0.1) is 0 Å². The molecule has 0 saturated heterocycles. The second kappa shape index (κ2) is 9.94. The fraction of sp³-hybridized carbons (Fsp3) is 0.0714. The number of oxazole rings is 1. The third kappa shape index (κ3) is 5.24. The standard InChI is InChI=1S/C28H20BrClN2O3/c1-2-17-15-23(29)27-24(16-17)32-28(35-27)19-5-9-21(10-6-19)31-26(33)14-12-22-11-13-25(34-22)18-3-7-20(30)8-4-18/h3-16H,2H2,1H3,(H,31,33)/b14-12+. The Kier molecular flexibility index (Phi) is 6.57. The molecule has 5 nitrogen and oxygen atoms in total. The van der Waals surface area contributed by atoms with Crippen LogP contribution in [0.1, 0.15) is 18.2 Å². The molecule has 3 aromatic carbocycles. The Balaban J connectivity index is 1.25. The van der Waals surface area contributed by atoms with Gasteiger partial charge < -0.3 is 14.2 Å². The zero-order valence-corrected chi connectivity index (χ0v) is 21.1. The quantitative estimate of drug-likeness (QED) is 0.217. The average molecular weight is 548 g/mol. The topological polar surface area (TPSA) is 68.3 Å². The molecule has 2 aromatic heterocycles. The highest BCUT2D eigenvalue weighted by Gasteiger charge is 2.12. The maximum Gasteiger partial charge on any atom is 0.248 e. The highest BCUT2D eigenvalue weighted by molar-refractivity contribution is 9.10. The Hall–Kier alpha value is -3.61. The molecule has 0 fully saturated rings. The maximum absolute atomic E-state index is 12.4. The minimum Gasteiger partial charge on any atom is -0.457 e. The molecule has 5 rings (SSSR count). The van der Waals surface area contributed by atoms with E-state index in [2.05, 4.69) is 33.2 Å². The molecule has 7 heteroatoms. The second-order valence-electron chi connectivity index (χ2n) is 7.91. The number of fused-ring (bicyclic) bond motifs is 1. The molecule has 0 aliphatic rings. The zero-order chi connectivity index (χ0) is 24.4. The number of amides is 1. The van der Waals surface area contributed by atoms with Crippen LogP contribution in [0.5, 0.6) is 0 Å². The molecule has 0 aliphatic carbocycles. The van der Waals surface area contributed by atoms with Gasteiger partial charge in [0.25, 0.3) is 0 Å². The number of hydrogen-bond donors (Lipinski definition) is 1. The van der Waals surface area contributed by atoms with Gasteiger partial charge in [-0.25, -0.2) is 4.98 Å². The number of carbonyl (C=O) groups excluding carboxylic acids is 1. The van der Waals surface area contributed by atoms with E-state index in [1.54, 1.807) is 18.2 Å². The normalized spacial score (nSPS) is 11.4. The molecule has 174 valence electrons. The van der Waals surface area contributed by atoms with Crippen LogP contribution in [0.2, 0.25) is 5.02 Å². The molecule has 1 N–H and O–H groups in total. The van der Waals surface area contributed by atoms with Crippen molar-refractivity contribution in [1.82, 2.24) is 4.98 Å². The first kappa shape index (κ1) is 23.1. The molecule has 5 aromatic rings. The number of carbonyl (C=O) groups is 1. The van der Waals surface area contributed by atoms with E-state index in [4.69, 9.17) is 20.4 Å². The van der Waals surface area contributed by atoms with Crippen LogP contribution in [0.3, 0.4) is 0 Å². The number of benzene rings is 3. The van der Waals surface area contributed by atoms with Gasteiger partial charge in [0.1, 0.15) is 17.0 Å². The predicted molar refractivity (Wildman–Crippen MR) is 143 cm³/mol. The molecule has 1 amide bonds. The Morgan fingerprint density at radius 3 is 2.49 bits per heavy atom. The minimum atomic E-state index is -0.264. The number of nitrogens with one attached hydrogen (secondary N) is 1. The summed E-state index contributed by atoms with van der Waals surface area (Å²) in [6.07, 6.45) is 3.98. The summed E-state index contributed by atoms with van der Waals surface area (Å²) < 4.78 is 12.6. The van der Waals surface area contributed by atoms with E-state index >= 15 is 0 Å². The van der Waals surface area contributed by atoms with Crippen molar-refractivity contribution < 1.29 is 13.6 Å². The summed E-state index contributed by atoms with van der Waals surface area (Å²) in [7, 11) is 0. The first-order valence-electron chi connectivity index (χ1n) is 11.0. The summed E-state index contributed by atoms with van der Waals surface area (Å²) in [6, 6.07) is 22.5. The Morgan fingerprint density at radius 1 is 1.00 bits per heavy atom. The number of halogens is 2. The van der Waals surface area contributed by atoms with Crippen LogP contribution in [-0.2, 0) is 11.2 Å². The lowest BCUT2D eigenvalue weighted by Crippen LogP contribution is -2.07. The van der Waals surface area contributed by atoms with Crippen LogP contribution in [0.15, 0.2) is 92.2 Å². The summed E-state index contributed by atoms with van der Waals surface area (Å²) in [5.74, 6) is 1.55. The molecular formula is C28H20BrClN2O3. The molecule has 0 atom stereocenters. The second-order valence-corrected chi connectivity index (χ2v) is 9.20. The Bertz CT molecular complexity index is 1530. The fourth-order valence-corrected chi connectivity index (χ4v) is 4.33. The van der Waals surface area contributed by atoms with Crippen molar-refractivity contribution in [2.75, 3.05) is 5.32 Å². The van der Waals surface area contributed by atoms with E-state index in [9.17, 15) is 4.79 Å². The lowest BCUT2D eigenvalue weighted by atomic mass is 10.1. The number of aryl methyl sites for hydroxylation is 1. The highest BCUT2D eigenvalue weighted by atomic mass is 79.9. The van der Waals surface area contributed by atoms with E-state index in [0.29, 0.717) is 28.1 Å². The third-order valence-corrected chi connectivity index (χ3v) is 6.31. The van der Waals surface area contributed by atoms with Gasteiger partial charge >= 0.3 is 0 Å². The predicted octanol–water partition coefficient (Wildman–Crippen LogP) is 8.39. The Morgan fingerprint density at radius 2 is 1.74 bits per heavy atom. The van der Waals surface area contributed by atoms with Crippen molar-refractivity contribution >= 4 is 56.3 Å². The molecule has 0 bridgehead atoms. The van der Waals surface area contributed by atoms with Gasteiger partial charge in [0.2, 0.25) is 11.8 Å². The van der Waals surface area contributed by atoms with E-state index in [1.807, 2.05) is 60.7 Å². The minimum absolute atomic E-state index is 0.264. The molecule has 0 spiro atoms. The molecule has 35 heavy (non-hydrogen) atoms.